The van der Waals surface area contributed by atoms with Crippen LogP contribution in [-0.2, 0) is 12.8 Å². The fourth-order valence-corrected chi connectivity index (χ4v) is 6.21. The minimum atomic E-state index is -0.157. The third-order valence-corrected chi connectivity index (χ3v) is 8.30. The number of hydrogen-bond donors (Lipinski definition) is 2. The van der Waals surface area contributed by atoms with Gasteiger partial charge in [-0.1, -0.05) is 34.8 Å². The number of aromatic nitrogens is 4. The van der Waals surface area contributed by atoms with Crippen molar-refractivity contribution in [3.8, 4) is 0 Å². The van der Waals surface area contributed by atoms with E-state index in [0.29, 0.717) is 20.0 Å². The average Bonchev–Trinajstić information content (AvgIpc) is 3.55. The molecule has 0 aliphatic heterocycles. The molecule has 0 unspecified atom stereocenters. The summed E-state index contributed by atoms with van der Waals surface area (Å²) in [7, 11) is 0. The van der Waals surface area contributed by atoms with Crippen LogP contribution < -0.4 is 10.6 Å². The Balaban J connectivity index is 1.14. The monoisotopic (exact) mass is 508 g/mol. The van der Waals surface area contributed by atoms with Gasteiger partial charge in [0.25, 0.3) is 11.8 Å². The molecule has 2 amide bonds. The molecule has 0 fully saturated rings. The van der Waals surface area contributed by atoms with Gasteiger partial charge in [-0.05, 0) is 34.4 Å². The number of aryl methyl sites for hydroxylation is 2. The van der Waals surface area contributed by atoms with Crippen LogP contribution in [-0.4, -0.2) is 43.7 Å². The quantitative estimate of drug-likeness (QED) is 0.303. The summed E-state index contributed by atoms with van der Waals surface area (Å²) in [5.41, 5.74) is 0. The van der Waals surface area contributed by atoms with Crippen molar-refractivity contribution in [2.24, 2.45) is 0 Å². The summed E-state index contributed by atoms with van der Waals surface area (Å²) in [4.78, 5) is 25.4. The maximum Gasteiger partial charge on any atom is 0.267 e. The highest BCUT2D eigenvalue weighted by Gasteiger charge is 2.12. The molecular formula is C18H16N6O2S5. The molecule has 0 saturated heterocycles. The SMILES string of the molecule is O=C(Nc1nnc(CCSCCc2nnc(NC(=O)c3cccs3)s2)s1)c1cccs1. The minimum Gasteiger partial charge on any atom is -0.296 e. The third-order valence-electron chi connectivity index (χ3n) is 3.79. The Hall–Kier alpha value is -2.19. The van der Waals surface area contributed by atoms with E-state index < -0.39 is 0 Å². The van der Waals surface area contributed by atoms with E-state index in [1.807, 2.05) is 22.9 Å². The van der Waals surface area contributed by atoms with E-state index in [4.69, 9.17) is 0 Å². The second-order valence-electron chi connectivity index (χ2n) is 5.98. The summed E-state index contributed by atoms with van der Waals surface area (Å²) in [5, 5.41) is 28.5. The Kier molecular flexibility index (Phi) is 7.75. The Labute approximate surface area is 198 Å². The zero-order valence-corrected chi connectivity index (χ0v) is 20.0. The smallest absolute Gasteiger partial charge is 0.267 e. The molecule has 13 heteroatoms. The predicted molar refractivity (Wildman–Crippen MR) is 129 cm³/mol. The number of nitrogens with one attached hydrogen (secondary N) is 2. The molecule has 4 rings (SSSR count). The van der Waals surface area contributed by atoms with Crippen molar-refractivity contribution in [1.29, 1.82) is 0 Å². The van der Waals surface area contributed by atoms with Gasteiger partial charge in [0.1, 0.15) is 10.0 Å². The third kappa shape index (κ3) is 6.40. The van der Waals surface area contributed by atoms with Crippen LogP contribution in [0.4, 0.5) is 10.3 Å². The molecule has 0 aliphatic rings. The summed E-state index contributed by atoms with van der Waals surface area (Å²) < 4.78 is 0. The molecule has 0 saturated carbocycles. The number of carbonyl (C=O) groups is 2. The number of amides is 2. The van der Waals surface area contributed by atoms with E-state index >= 15 is 0 Å². The Bertz CT molecular complexity index is 1030. The molecule has 4 heterocycles. The van der Waals surface area contributed by atoms with Crippen molar-refractivity contribution >= 4 is 79.2 Å². The van der Waals surface area contributed by atoms with Crippen molar-refractivity contribution in [1.82, 2.24) is 20.4 Å². The van der Waals surface area contributed by atoms with Gasteiger partial charge < -0.3 is 0 Å². The predicted octanol–water partition coefficient (Wildman–Crippen LogP) is 4.54. The molecule has 8 nitrogen and oxygen atoms in total. The van der Waals surface area contributed by atoms with Gasteiger partial charge in [0.05, 0.1) is 9.75 Å². The number of thioether (sulfide) groups is 1. The van der Waals surface area contributed by atoms with Gasteiger partial charge in [-0.3, -0.25) is 20.2 Å². The highest BCUT2D eigenvalue weighted by Crippen LogP contribution is 2.21. The molecule has 0 radical (unpaired) electrons. The highest BCUT2D eigenvalue weighted by molar-refractivity contribution is 7.99. The van der Waals surface area contributed by atoms with E-state index in [2.05, 4.69) is 31.0 Å². The summed E-state index contributed by atoms with van der Waals surface area (Å²) >= 11 is 7.37. The van der Waals surface area contributed by atoms with Crippen molar-refractivity contribution in [2.45, 2.75) is 12.8 Å². The van der Waals surface area contributed by atoms with Crippen LogP contribution in [0.15, 0.2) is 35.0 Å². The molecule has 0 bridgehead atoms. The Morgan fingerprint density at radius 1 is 0.774 bits per heavy atom. The summed E-state index contributed by atoms with van der Waals surface area (Å²) in [6.45, 7) is 0. The lowest BCUT2D eigenvalue weighted by atomic mass is 10.4. The lowest BCUT2D eigenvalue weighted by Crippen LogP contribution is -2.09. The maximum atomic E-state index is 12.0. The standard InChI is InChI=1S/C18H16N6O2S5/c25-15(11-3-1-7-28-11)19-17-23-21-13(30-17)5-9-27-10-6-14-22-24-18(31-14)20-16(26)12-4-2-8-29-12/h1-4,7-8H,5-6,9-10H2,(H,19,23,25)(H,20,24,26). The molecule has 160 valence electrons. The van der Waals surface area contributed by atoms with Crippen LogP contribution in [0.3, 0.4) is 0 Å². The van der Waals surface area contributed by atoms with Crippen molar-refractivity contribution in [3.63, 3.8) is 0 Å². The van der Waals surface area contributed by atoms with Crippen LogP contribution in [0.2, 0.25) is 0 Å². The molecule has 2 N–H and O–H groups in total. The largest absolute Gasteiger partial charge is 0.296 e. The van der Waals surface area contributed by atoms with Gasteiger partial charge in [0.15, 0.2) is 0 Å². The number of hydrogen-bond acceptors (Lipinski definition) is 11. The summed E-state index contributed by atoms with van der Waals surface area (Å²) in [5.74, 6) is 1.48. The summed E-state index contributed by atoms with van der Waals surface area (Å²) in [6.07, 6.45) is 1.57. The zero-order chi connectivity index (χ0) is 21.5. The number of nitrogens with zero attached hydrogens (tertiary/aromatic N) is 4. The van der Waals surface area contributed by atoms with Gasteiger partial charge in [0.2, 0.25) is 10.3 Å². The van der Waals surface area contributed by atoms with Gasteiger partial charge in [0, 0.05) is 12.8 Å². The molecule has 0 aliphatic carbocycles. The maximum absolute atomic E-state index is 12.0. The molecule has 0 atom stereocenters. The van der Waals surface area contributed by atoms with Gasteiger partial charge in [-0.15, -0.1) is 43.1 Å². The second kappa shape index (κ2) is 10.9. The normalized spacial score (nSPS) is 10.8. The minimum absolute atomic E-state index is 0.157. The Morgan fingerprint density at radius 3 is 1.68 bits per heavy atom. The summed E-state index contributed by atoms with van der Waals surface area (Å²) in [6, 6.07) is 7.23. The van der Waals surface area contributed by atoms with E-state index in [9.17, 15) is 9.59 Å². The fourth-order valence-electron chi connectivity index (χ4n) is 2.36. The van der Waals surface area contributed by atoms with E-state index in [0.717, 1.165) is 34.4 Å². The zero-order valence-electron chi connectivity index (χ0n) is 15.9. The topological polar surface area (TPSA) is 110 Å². The van der Waals surface area contributed by atoms with Crippen LogP contribution >= 0.6 is 57.1 Å². The first-order valence-corrected chi connectivity index (χ1v) is 13.6. The average molecular weight is 509 g/mol. The first kappa shape index (κ1) is 22.0. The first-order valence-electron chi connectivity index (χ1n) is 9.09. The van der Waals surface area contributed by atoms with Crippen molar-refractivity contribution in [3.05, 3.63) is 54.8 Å². The van der Waals surface area contributed by atoms with Crippen molar-refractivity contribution in [2.75, 3.05) is 22.1 Å². The number of carbonyl (C=O) groups excluding carboxylic acids is 2. The van der Waals surface area contributed by atoms with Crippen molar-refractivity contribution < 1.29 is 9.59 Å². The number of anilines is 2. The number of thiophene rings is 2. The van der Waals surface area contributed by atoms with Crippen LogP contribution in [0.25, 0.3) is 0 Å². The molecule has 0 spiro atoms. The van der Waals surface area contributed by atoms with Gasteiger partial charge in [-0.25, -0.2) is 0 Å². The Morgan fingerprint density at radius 2 is 1.26 bits per heavy atom. The molecule has 4 aromatic heterocycles. The highest BCUT2D eigenvalue weighted by atomic mass is 32.2. The molecule has 31 heavy (non-hydrogen) atoms. The molecule has 0 aromatic carbocycles. The first-order chi connectivity index (χ1) is 15.2. The van der Waals surface area contributed by atoms with E-state index in [1.54, 1.807) is 23.9 Å². The molecular weight excluding hydrogens is 493 g/mol. The lowest BCUT2D eigenvalue weighted by Gasteiger charge is -1.98. The number of rotatable bonds is 10. The van der Waals surface area contributed by atoms with Crippen LogP contribution in [0.5, 0.6) is 0 Å². The lowest BCUT2D eigenvalue weighted by molar-refractivity contribution is 0.102. The molecule has 4 aromatic rings. The fraction of sp³-hybridized carbons (Fsp3) is 0.222. The van der Waals surface area contributed by atoms with E-state index in [1.165, 1.54) is 45.3 Å². The van der Waals surface area contributed by atoms with Crippen LogP contribution in [0, 0.1) is 0 Å². The van der Waals surface area contributed by atoms with E-state index in [-0.39, 0.29) is 11.8 Å². The van der Waals surface area contributed by atoms with Gasteiger partial charge >= 0.3 is 0 Å². The van der Waals surface area contributed by atoms with Crippen LogP contribution in [0.1, 0.15) is 29.4 Å². The van der Waals surface area contributed by atoms with Gasteiger partial charge in [-0.2, -0.15) is 11.8 Å². The second-order valence-corrected chi connectivity index (χ2v) is 11.2.